The van der Waals surface area contributed by atoms with Crippen molar-refractivity contribution < 1.29 is 14.2 Å². The quantitative estimate of drug-likeness (QED) is 0.812. The number of benzene rings is 1. The fourth-order valence-corrected chi connectivity index (χ4v) is 2.55. The van der Waals surface area contributed by atoms with Crippen molar-refractivity contribution in [3.8, 4) is 5.75 Å². The SMILES string of the molecule is COc1ccc(F)cc1CCC(C)C.O=NC1CCC(O)CC1. The first-order valence-electron chi connectivity index (χ1n) is 8.29. The average Bonchev–Trinajstić information content (AvgIpc) is 2.54. The van der Waals surface area contributed by atoms with Crippen LogP contribution in [0.4, 0.5) is 4.39 Å². The number of hydrogen-bond acceptors (Lipinski definition) is 4. The van der Waals surface area contributed by atoms with Gasteiger partial charge in [-0.25, -0.2) is 4.39 Å². The van der Waals surface area contributed by atoms with Gasteiger partial charge in [0.05, 0.1) is 19.3 Å². The Morgan fingerprint density at radius 3 is 2.48 bits per heavy atom. The summed E-state index contributed by atoms with van der Waals surface area (Å²) < 4.78 is 18.1. The van der Waals surface area contributed by atoms with Crippen LogP contribution in [-0.2, 0) is 6.42 Å². The third-order valence-corrected chi connectivity index (χ3v) is 4.05. The lowest BCUT2D eigenvalue weighted by Gasteiger charge is -2.19. The number of methoxy groups -OCH3 is 1. The molecule has 1 aromatic rings. The van der Waals surface area contributed by atoms with Crippen molar-refractivity contribution in [3.05, 3.63) is 34.5 Å². The monoisotopic (exact) mass is 325 g/mol. The molecule has 1 fully saturated rings. The highest BCUT2D eigenvalue weighted by molar-refractivity contribution is 5.33. The third kappa shape index (κ3) is 7.55. The van der Waals surface area contributed by atoms with Crippen LogP contribution in [0, 0.1) is 16.6 Å². The van der Waals surface area contributed by atoms with Gasteiger partial charge in [-0.2, -0.15) is 4.91 Å². The third-order valence-electron chi connectivity index (χ3n) is 4.05. The van der Waals surface area contributed by atoms with Crippen molar-refractivity contribution in [3.63, 3.8) is 0 Å². The molecule has 0 heterocycles. The average molecular weight is 325 g/mol. The number of nitrogens with zero attached hydrogens (tertiary/aromatic N) is 1. The summed E-state index contributed by atoms with van der Waals surface area (Å²) in [6, 6.07) is 4.65. The summed E-state index contributed by atoms with van der Waals surface area (Å²) >= 11 is 0. The molecule has 0 saturated heterocycles. The molecule has 130 valence electrons. The minimum Gasteiger partial charge on any atom is -0.496 e. The Morgan fingerprint density at radius 1 is 1.30 bits per heavy atom. The van der Waals surface area contributed by atoms with Crippen molar-refractivity contribution >= 4 is 0 Å². The summed E-state index contributed by atoms with van der Waals surface area (Å²) in [4.78, 5) is 9.93. The molecule has 4 nitrogen and oxygen atoms in total. The molecule has 1 aliphatic carbocycles. The molecule has 0 radical (unpaired) electrons. The molecule has 1 aromatic carbocycles. The molecule has 0 aliphatic heterocycles. The van der Waals surface area contributed by atoms with Crippen LogP contribution in [0.15, 0.2) is 23.4 Å². The van der Waals surface area contributed by atoms with Crippen LogP contribution in [0.5, 0.6) is 5.75 Å². The number of nitroso groups, excluding NO2 is 1. The summed E-state index contributed by atoms with van der Waals surface area (Å²) in [6.07, 6.45) is 4.78. The van der Waals surface area contributed by atoms with Gasteiger partial charge < -0.3 is 9.84 Å². The maximum absolute atomic E-state index is 13.0. The second kappa shape index (κ2) is 10.3. The van der Waals surface area contributed by atoms with Gasteiger partial charge in [-0.1, -0.05) is 19.0 Å². The Bertz CT molecular complexity index is 471. The maximum atomic E-state index is 13.0. The second-order valence-corrected chi connectivity index (χ2v) is 6.46. The molecular weight excluding hydrogens is 297 g/mol. The van der Waals surface area contributed by atoms with E-state index in [1.807, 2.05) is 0 Å². The highest BCUT2D eigenvalue weighted by Gasteiger charge is 2.18. The molecule has 23 heavy (non-hydrogen) atoms. The molecular formula is C18H28FNO3. The Morgan fingerprint density at radius 2 is 1.96 bits per heavy atom. The smallest absolute Gasteiger partial charge is 0.123 e. The maximum Gasteiger partial charge on any atom is 0.123 e. The number of rotatable bonds is 5. The topological polar surface area (TPSA) is 58.9 Å². The van der Waals surface area contributed by atoms with Crippen LogP contribution in [0.2, 0.25) is 0 Å². The van der Waals surface area contributed by atoms with Crippen molar-refractivity contribution in [1.82, 2.24) is 0 Å². The van der Waals surface area contributed by atoms with E-state index in [4.69, 9.17) is 9.84 Å². The van der Waals surface area contributed by atoms with E-state index >= 15 is 0 Å². The first-order chi connectivity index (χ1) is 11.0. The molecule has 0 bridgehead atoms. The zero-order valence-electron chi connectivity index (χ0n) is 14.3. The molecule has 0 unspecified atom stereocenters. The number of ether oxygens (including phenoxy) is 1. The molecule has 1 saturated carbocycles. The molecule has 0 atom stereocenters. The highest BCUT2D eigenvalue weighted by atomic mass is 19.1. The van der Waals surface area contributed by atoms with Crippen molar-refractivity contribution in [1.29, 1.82) is 0 Å². The van der Waals surface area contributed by atoms with Gasteiger partial charge in [0.15, 0.2) is 0 Å². The van der Waals surface area contributed by atoms with Crippen molar-refractivity contribution in [2.24, 2.45) is 11.1 Å². The van der Waals surface area contributed by atoms with Crippen LogP contribution >= 0.6 is 0 Å². The van der Waals surface area contributed by atoms with Gasteiger partial charge in [0.2, 0.25) is 0 Å². The first kappa shape index (κ1) is 19.6. The van der Waals surface area contributed by atoms with E-state index in [-0.39, 0.29) is 18.0 Å². The van der Waals surface area contributed by atoms with Gasteiger partial charge in [-0.05, 0) is 68.2 Å². The minimum absolute atomic E-state index is 0.0200. The number of aliphatic hydroxyl groups excluding tert-OH is 1. The van der Waals surface area contributed by atoms with E-state index in [0.717, 1.165) is 49.8 Å². The number of hydrogen-bond donors (Lipinski definition) is 1. The van der Waals surface area contributed by atoms with Crippen LogP contribution < -0.4 is 4.74 Å². The molecule has 0 amide bonds. The van der Waals surface area contributed by atoms with Gasteiger partial charge in [-0.3, -0.25) is 0 Å². The number of halogens is 1. The van der Waals surface area contributed by atoms with Crippen LogP contribution in [0.3, 0.4) is 0 Å². The van der Waals surface area contributed by atoms with Gasteiger partial charge in [0.1, 0.15) is 11.6 Å². The second-order valence-electron chi connectivity index (χ2n) is 6.46. The van der Waals surface area contributed by atoms with Gasteiger partial charge in [0.25, 0.3) is 0 Å². The van der Waals surface area contributed by atoms with Gasteiger partial charge in [0, 0.05) is 0 Å². The number of aryl methyl sites for hydroxylation is 1. The summed E-state index contributed by atoms with van der Waals surface area (Å²) in [7, 11) is 1.62. The van der Waals surface area contributed by atoms with Crippen molar-refractivity contribution in [2.45, 2.75) is 64.5 Å². The molecule has 1 N–H and O–H groups in total. The van der Waals surface area contributed by atoms with E-state index in [9.17, 15) is 9.30 Å². The van der Waals surface area contributed by atoms with Crippen LogP contribution in [0.25, 0.3) is 0 Å². The van der Waals surface area contributed by atoms with E-state index in [1.54, 1.807) is 19.2 Å². The normalized spacial score (nSPS) is 20.6. The predicted molar refractivity (Wildman–Crippen MR) is 90.2 cm³/mol. The lowest BCUT2D eigenvalue weighted by Crippen LogP contribution is -2.19. The Kier molecular flexibility index (Phi) is 8.77. The predicted octanol–water partition coefficient (Wildman–Crippen LogP) is 4.48. The van der Waals surface area contributed by atoms with E-state index in [1.165, 1.54) is 6.07 Å². The fraction of sp³-hybridized carbons (Fsp3) is 0.667. The number of aliphatic hydroxyl groups is 1. The lowest BCUT2D eigenvalue weighted by molar-refractivity contribution is 0.123. The molecule has 2 rings (SSSR count). The standard InChI is InChI=1S/C12H17FO.C6H11NO2/c1-9(2)4-5-10-8-11(13)6-7-12(10)14-3;8-6-3-1-5(7-9)2-4-6/h6-9H,4-5H2,1-3H3;5-6,8H,1-4H2. The summed E-state index contributed by atoms with van der Waals surface area (Å²) in [5.41, 5.74) is 0.959. The molecule has 0 spiro atoms. The minimum atomic E-state index is -0.190. The summed E-state index contributed by atoms with van der Waals surface area (Å²) in [5.74, 6) is 1.22. The Labute approximate surface area is 138 Å². The Balaban J connectivity index is 0.000000253. The Hall–Kier alpha value is -1.49. The fourth-order valence-electron chi connectivity index (χ4n) is 2.55. The van der Waals surface area contributed by atoms with Gasteiger partial charge >= 0.3 is 0 Å². The largest absolute Gasteiger partial charge is 0.496 e. The zero-order chi connectivity index (χ0) is 17.2. The van der Waals surface area contributed by atoms with E-state index < -0.39 is 0 Å². The first-order valence-corrected chi connectivity index (χ1v) is 8.29. The summed E-state index contributed by atoms with van der Waals surface area (Å²) in [6.45, 7) is 4.32. The molecule has 0 aromatic heterocycles. The summed E-state index contributed by atoms with van der Waals surface area (Å²) in [5, 5.41) is 11.9. The zero-order valence-corrected chi connectivity index (χ0v) is 14.3. The van der Waals surface area contributed by atoms with E-state index in [0.29, 0.717) is 5.92 Å². The van der Waals surface area contributed by atoms with Crippen LogP contribution in [0.1, 0.15) is 51.5 Å². The highest BCUT2D eigenvalue weighted by Crippen LogP contribution is 2.22. The van der Waals surface area contributed by atoms with Crippen LogP contribution in [-0.4, -0.2) is 24.4 Å². The lowest BCUT2D eigenvalue weighted by atomic mass is 9.94. The van der Waals surface area contributed by atoms with Crippen molar-refractivity contribution in [2.75, 3.05) is 7.11 Å². The van der Waals surface area contributed by atoms with E-state index in [2.05, 4.69) is 19.0 Å². The van der Waals surface area contributed by atoms with Gasteiger partial charge in [-0.15, -0.1) is 0 Å². The molecule has 1 aliphatic rings. The molecule has 5 heteroatoms.